The van der Waals surface area contributed by atoms with Crippen molar-refractivity contribution in [2.24, 2.45) is 0 Å². The first-order valence-electron chi connectivity index (χ1n) is 7.77. The van der Waals surface area contributed by atoms with Crippen LogP contribution in [0.4, 0.5) is 4.39 Å². The normalized spacial score (nSPS) is 17.9. The second-order valence-electron chi connectivity index (χ2n) is 6.09. The lowest BCUT2D eigenvalue weighted by atomic mass is 10.1. The van der Waals surface area contributed by atoms with Crippen LogP contribution in [0.25, 0.3) is 0 Å². The molecule has 1 aliphatic heterocycles. The van der Waals surface area contributed by atoms with Crippen LogP contribution in [0.1, 0.15) is 30.5 Å². The maximum Gasteiger partial charge on any atom is 0.260 e. The highest BCUT2D eigenvalue weighted by atomic mass is 19.1. The van der Waals surface area contributed by atoms with Crippen LogP contribution in [0, 0.1) is 5.82 Å². The fourth-order valence-electron chi connectivity index (χ4n) is 2.63. The number of ether oxygens (including phenoxy) is 1. The number of amides is 1. The number of benzene rings is 1. The Balaban J connectivity index is 1.25. The van der Waals surface area contributed by atoms with Gasteiger partial charge in [0.15, 0.2) is 6.61 Å². The predicted octanol–water partition coefficient (Wildman–Crippen LogP) is 1.76. The van der Waals surface area contributed by atoms with Crippen LogP contribution in [-0.2, 0) is 4.79 Å². The van der Waals surface area contributed by atoms with E-state index >= 15 is 0 Å². The highest BCUT2D eigenvalue weighted by Crippen LogP contribution is 2.39. The molecule has 7 heteroatoms. The molecule has 1 aromatic heterocycles. The molecule has 1 aromatic carbocycles. The van der Waals surface area contributed by atoms with E-state index in [1.165, 1.54) is 37.1 Å². The minimum atomic E-state index is -0.326. The van der Waals surface area contributed by atoms with Crippen molar-refractivity contribution in [2.75, 3.05) is 19.7 Å². The number of likely N-dealkylation sites (tertiary alicyclic amines) is 1. The van der Waals surface area contributed by atoms with E-state index in [1.54, 1.807) is 4.90 Å². The summed E-state index contributed by atoms with van der Waals surface area (Å²) >= 11 is 0. The number of halogens is 1. The number of nitrogens with zero attached hydrogens (tertiary/aromatic N) is 4. The van der Waals surface area contributed by atoms with E-state index in [-0.39, 0.29) is 24.4 Å². The van der Waals surface area contributed by atoms with Crippen molar-refractivity contribution >= 4 is 5.91 Å². The molecular weight excluding hydrogens is 299 g/mol. The minimum absolute atomic E-state index is 0.0387. The first-order valence-corrected chi connectivity index (χ1v) is 7.77. The maximum absolute atomic E-state index is 12.8. The molecule has 0 unspecified atom stereocenters. The van der Waals surface area contributed by atoms with Crippen molar-refractivity contribution in [3.63, 3.8) is 0 Å². The average molecular weight is 316 g/mol. The lowest BCUT2D eigenvalue weighted by Crippen LogP contribution is -2.52. The predicted molar refractivity (Wildman–Crippen MR) is 79.5 cm³/mol. The molecule has 1 saturated carbocycles. The molecule has 2 aromatic rings. The van der Waals surface area contributed by atoms with E-state index in [4.69, 9.17) is 4.74 Å². The summed E-state index contributed by atoms with van der Waals surface area (Å²) in [5.41, 5.74) is 1.06. The summed E-state index contributed by atoms with van der Waals surface area (Å²) in [7, 11) is 0. The SMILES string of the molecule is O=C(COc1ccc(F)cc1)N1CC(n2cc(C3CC3)nn2)C1. The zero-order valence-electron chi connectivity index (χ0n) is 12.6. The van der Waals surface area contributed by atoms with E-state index in [0.29, 0.717) is 24.8 Å². The van der Waals surface area contributed by atoms with Gasteiger partial charge in [-0.3, -0.25) is 4.79 Å². The van der Waals surface area contributed by atoms with Crippen LogP contribution in [-0.4, -0.2) is 45.5 Å². The molecule has 1 aliphatic carbocycles. The number of aromatic nitrogens is 3. The van der Waals surface area contributed by atoms with Crippen LogP contribution in [0.2, 0.25) is 0 Å². The number of hydrogen-bond donors (Lipinski definition) is 0. The van der Waals surface area contributed by atoms with Gasteiger partial charge in [-0.05, 0) is 37.1 Å². The van der Waals surface area contributed by atoms with Gasteiger partial charge in [-0.25, -0.2) is 9.07 Å². The number of rotatable bonds is 5. The second kappa shape index (κ2) is 5.64. The van der Waals surface area contributed by atoms with Crippen LogP contribution in [0.15, 0.2) is 30.5 Å². The van der Waals surface area contributed by atoms with Crippen LogP contribution in [0.3, 0.4) is 0 Å². The summed E-state index contributed by atoms with van der Waals surface area (Å²) in [6, 6.07) is 5.83. The molecule has 0 bridgehead atoms. The Labute approximate surface area is 132 Å². The molecule has 0 radical (unpaired) electrons. The Bertz CT molecular complexity index is 705. The molecule has 23 heavy (non-hydrogen) atoms. The summed E-state index contributed by atoms with van der Waals surface area (Å²) in [5.74, 6) is 0.675. The third kappa shape index (κ3) is 3.04. The molecule has 1 saturated heterocycles. The van der Waals surface area contributed by atoms with Gasteiger partial charge in [0.2, 0.25) is 0 Å². The van der Waals surface area contributed by atoms with Crippen molar-refractivity contribution in [2.45, 2.75) is 24.8 Å². The standard InChI is InChI=1S/C16H17FN4O2/c17-12-3-5-14(6-4-12)23-10-16(22)20-7-13(8-20)21-9-15(18-19-21)11-1-2-11/h3-6,9,11,13H,1-2,7-8,10H2. The molecule has 120 valence electrons. The smallest absolute Gasteiger partial charge is 0.260 e. The van der Waals surface area contributed by atoms with Crippen molar-refractivity contribution in [3.05, 3.63) is 42.0 Å². The van der Waals surface area contributed by atoms with Gasteiger partial charge in [-0.15, -0.1) is 5.10 Å². The van der Waals surface area contributed by atoms with Crippen molar-refractivity contribution in [1.82, 2.24) is 19.9 Å². The summed E-state index contributed by atoms with van der Waals surface area (Å²) in [5, 5.41) is 8.35. The Morgan fingerprint density at radius 1 is 1.26 bits per heavy atom. The quantitative estimate of drug-likeness (QED) is 0.843. The lowest BCUT2D eigenvalue weighted by molar-refractivity contribution is -0.139. The molecule has 6 nitrogen and oxygen atoms in total. The minimum Gasteiger partial charge on any atom is -0.484 e. The van der Waals surface area contributed by atoms with Gasteiger partial charge in [0.1, 0.15) is 11.6 Å². The summed E-state index contributed by atoms with van der Waals surface area (Å²) in [4.78, 5) is 13.8. The van der Waals surface area contributed by atoms with Gasteiger partial charge < -0.3 is 9.64 Å². The topological polar surface area (TPSA) is 60.2 Å². The Morgan fingerprint density at radius 2 is 2.00 bits per heavy atom. The van der Waals surface area contributed by atoms with Gasteiger partial charge in [-0.2, -0.15) is 0 Å². The highest BCUT2D eigenvalue weighted by molar-refractivity contribution is 5.78. The van der Waals surface area contributed by atoms with Crippen LogP contribution >= 0.6 is 0 Å². The van der Waals surface area contributed by atoms with Crippen molar-refractivity contribution < 1.29 is 13.9 Å². The second-order valence-corrected chi connectivity index (χ2v) is 6.09. The van der Waals surface area contributed by atoms with Gasteiger partial charge in [0.25, 0.3) is 5.91 Å². The van der Waals surface area contributed by atoms with E-state index in [9.17, 15) is 9.18 Å². The molecule has 2 aliphatic rings. The molecule has 2 fully saturated rings. The summed E-state index contributed by atoms with van der Waals surface area (Å²) < 4.78 is 20.0. The van der Waals surface area contributed by atoms with E-state index in [2.05, 4.69) is 10.3 Å². The third-order valence-corrected chi connectivity index (χ3v) is 4.29. The summed E-state index contributed by atoms with van der Waals surface area (Å²) in [6.07, 6.45) is 4.41. The fraction of sp³-hybridized carbons (Fsp3) is 0.438. The molecule has 4 rings (SSSR count). The Kier molecular flexibility index (Phi) is 3.48. The molecule has 0 N–H and O–H groups in total. The fourth-order valence-corrected chi connectivity index (χ4v) is 2.63. The molecule has 0 spiro atoms. The van der Waals surface area contributed by atoms with Gasteiger partial charge in [0.05, 0.1) is 11.7 Å². The molecule has 1 amide bonds. The largest absolute Gasteiger partial charge is 0.484 e. The number of carbonyl (C=O) groups excluding carboxylic acids is 1. The van der Waals surface area contributed by atoms with Gasteiger partial charge in [0, 0.05) is 25.2 Å². The monoisotopic (exact) mass is 316 g/mol. The molecule has 0 atom stereocenters. The average Bonchev–Trinajstić information content (AvgIpc) is 3.25. The summed E-state index contributed by atoms with van der Waals surface area (Å²) in [6.45, 7) is 1.21. The maximum atomic E-state index is 12.8. The van der Waals surface area contributed by atoms with Crippen LogP contribution < -0.4 is 4.74 Å². The molecular formula is C16H17FN4O2. The van der Waals surface area contributed by atoms with E-state index in [0.717, 1.165) is 5.69 Å². The number of carbonyl (C=O) groups is 1. The van der Waals surface area contributed by atoms with Crippen molar-refractivity contribution in [3.8, 4) is 5.75 Å². The zero-order valence-corrected chi connectivity index (χ0v) is 12.6. The molecule has 2 heterocycles. The van der Waals surface area contributed by atoms with Crippen molar-refractivity contribution in [1.29, 1.82) is 0 Å². The van der Waals surface area contributed by atoms with Gasteiger partial charge >= 0.3 is 0 Å². The van der Waals surface area contributed by atoms with Gasteiger partial charge in [-0.1, -0.05) is 5.21 Å². The third-order valence-electron chi connectivity index (χ3n) is 4.29. The van der Waals surface area contributed by atoms with Crippen LogP contribution in [0.5, 0.6) is 5.75 Å². The first-order chi connectivity index (χ1) is 11.2. The zero-order chi connectivity index (χ0) is 15.8. The highest BCUT2D eigenvalue weighted by Gasteiger charge is 2.34. The first kappa shape index (κ1) is 14.2. The van der Waals surface area contributed by atoms with E-state index < -0.39 is 0 Å². The Hall–Kier alpha value is -2.44. The van der Waals surface area contributed by atoms with E-state index in [1.807, 2.05) is 10.9 Å². The number of hydrogen-bond acceptors (Lipinski definition) is 4. The Morgan fingerprint density at radius 3 is 2.70 bits per heavy atom. The lowest BCUT2D eigenvalue weighted by Gasteiger charge is -2.38.